The quantitative estimate of drug-likeness (QED) is 0.571. The lowest BCUT2D eigenvalue weighted by Crippen LogP contribution is -2.23. The van der Waals surface area contributed by atoms with Crippen LogP contribution in [0.5, 0.6) is 5.88 Å². The third-order valence-electron chi connectivity index (χ3n) is 3.90. The van der Waals surface area contributed by atoms with Crippen LogP contribution in [0, 0.1) is 0 Å². The molecule has 4 nitrogen and oxygen atoms in total. The first-order chi connectivity index (χ1) is 13.2. The molecule has 0 atom stereocenters. The van der Waals surface area contributed by atoms with Crippen molar-refractivity contribution < 1.29 is 9.53 Å². The summed E-state index contributed by atoms with van der Waals surface area (Å²) in [4.78, 5) is 17.7. The Kier molecular flexibility index (Phi) is 6.74. The Hall–Kier alpha value is -2.50. The minimum absolute atomic E-state index is 0.209. The number of nitrogens with one attached hydrogen (secondary N) is 1. The van der Waals surface area contributed by atoms with E-state index in [-0.39, 0.29) is 5.91 Å². The number of hydrogen-bond acceptors (Lipinski definition) is 4. The van der Waals surface area contributed by atoms with E-state index in [1.807, 2.05) is 54.8 Å². The van der Waals surface area contributed by atoms with Crippen LogP contribution in [0.25, 0.3) is 0 Å². The molecule has 0 radical (unpaired) electrons. The van der Waals surface area contributed by atoms with E-state index in [4.69, 9.17) is 16.3 Å². The van der Waals surface area contributed by atoms with Crippen molar-refractivity contribution in [3.05, 3.63) is 88.6 Å². The summed E-state index contributed by atoms with van der Waals surface area (Å²) in [5, 5.41) is 3.33. The van der Waals surface area contributed by atoms with E-state index < -0.39 is 0 Å². The van der Waals surface area contributed by atoms with Gasteiger partial charge in [0.1, 0.15) is 6.61 Å². The van der Waals surface area contributed by atoms with Crippen molar-refractivity contribution in [1.29, 1.82) is 0 Å². The number of carbonyl (C=O) groups is 1. The second kappa shape index (κ2) is 9.44. The molecule has 2 aromatic carbocycles. The minimum Gasteiger partial charge on any atom is -0.473 e. The van der Waals surface area contributed by atoms with E-state index in [1.165, 1.54) is 0 Å². The van der Waals surface area contributed by atoms with E-state index in [0.717, 1.165) is 16.0 Å². The average molecular weight is 399 g/mol. The first kappa shape index (κ1) is 19.3. The van der Waals surface area contributed by atoms with Crippen molar-refractivity contribution in [2.24, 2.45) is 0 Å². The van der Waals surface area contributed by atoms with Gasteiger partial charge in [0.15, 0.2) is 0 Å². The maximum atomic E-state index is 12.5. The van der Waals surface area contributed by atoms with Crippen LogP contribution in [0.3, 0.4) is 0 Å². The van der Waals surface area contributed by atoms with Crippen LogP contribution < -0.4 is 10.1 Å². The summed E-state index contributed by atoms with van der Waals surface area (Å²) < 4.78 is 5.73. The maximum Gasteiger partial charge on any atom is 0.253 e. The van der Waals surface area contributed by atoms with Gasteiger partial charge in [-0.25, -0.2) is 4.98 Å². The third-order valence-corrected chi connectivity index (χ3v) is 4.95. The standard InChI is InChI=1S/C21H19ClN2O2S/c1-27-17-7-8-19(22)18(12-17)21(25)24-13-16-9-10-23-20(11-16)26-14-15-5-3-2-4-6-15/h2-12H,13-14H2,1H3,(H,24,25). The lowest BCUT2D eigenvalue weighted by Gasteiger charge is -2.10. The molecule has 27 heavy (non-hydrogen) atoms. The number of nitrogens with zero attached hydrogens (tertiary/aromatic N) is 1. The summed E-state index contributed by atoms with van der Waals surface area (Å²) in [7, 11) is 0. The molecular weight excluding hydrogens is 380 g/mol. The first-order valence-electron chi connectivity index (χ1n) is 8.39. The zero-order valence-corrected chi connectivity index (χ0v) is 16.4. The summed E-state index contributed by atoms with van der Waals surface area (Å²) in [6, 6.07) is 19.0. The van der Waals surface area contributed by atoms with Gasteiger partial charge in [0.05, 0.1) is 10.6 Å². The molecule has 0 aliphatic rings. The van der Waals surface area contributed by atoms with Crippen LogP contribution in [0.1, 0.15) is 21.5 Å². The second-order valence-corrected chi connectivity index (χ2v) is 7.09. The molecule has 3 aromatic rings. The van der Waals surface area contributed by atoms with Crippen LogP contribution in [0.2, 0.25) is 5.02 Å². The lowest BCUT2D eigenvalue weighted by atomic mass is 10.2. The van der Waals surface area contributed by atoms with Crippen molar-refractivity contribution in [2.45, 2.75) is 18.0 Å². The van der Waals surface area contributed by atoms with Gasteiger partial charge in [0, 0.05) is 23.7 Å². The van der Waals surface area contributed by atoms with Gasteiger partial charge in [-0.15, -0.1) is 11.8 Å². The highest BCUT2D eigenvalue weighted by Gasteiger charge is 2.11. The SMILES string of the molecule is CSc1ccc(Cl)c(C(=O)NCc2ccnc(OCc3ccccc3)c2)c1. The number of rotatable bonds is 7. The topological polar surface area (TPSA) is 51.2 Å². The summed E-state index contributed by atoms with van der Waals surface area (Å²) in [6.07, 6.45) is 3.63. The molecule has 0 aliphatic carbocycles. The molecule has 0 saturated carbocycles. The molecule has 1 amide bonds. The van der Waals surface area contributed by atoms with E-state index in [1.54, 1.807) is 30.1 Å². The van der Waals surface area contributed by atoms with E-state index >= 15 is 0 Å². The molecule has 1 heterocycles. The Bertz CT molecular complexity index is 919. The van der Waals surface area contributed by atoms with Crippen molar-refractivity contribution in [3.63, 3.8) is 0 Å². The average Bonchev–Trinajstić information content (AvgIpc) is 2.72. The summed E-state index contributed by atoms with van der Waals surface area (Å²) in [5.41, 5.74) is 2.44. The van der Waals surface area contributed by atoms with Gasteiger partial charge >= 0.3 is 0 Å². The molecule has 3 rings (SSSR count). The van der Waals surface area contributed by atoms with Gasteiger partial charge in [-0.1, -0.05) is 41.9 Å². The molecule has 0 aliphatic heterocycles. The van der Waals surface area contributed by atoms with Crippen molar-refractivity contribution in [1.82, 2.24) is 10.3 Å². The molecular formula is C21H19ClN2O2S. The van der Waals surface area contributed by atoms with Crippen LogP contribution in [-0.4, -0.2) is 17.1 Å². The number of amides is 1. The molecule has 0 unspecified atom stereocenters. The number of aromatic nitrogens is 1. The Morgan fingerprint density at radius 2 is 1.93 bits per heavy atom. The van der Waals surface area contributed by atoms with Gasteiger partial charge in [-0.2, -0.15) is 0 Å². The van der Waals surface area contributed by atoms with Crippen molar-refractivity contribution in [3.8, 4) is 5.88 Å². The zero-order valence-electron chi connectivity index (χ0n) is 14.8. The monoisotopic (exact) mass is 398 g/mol. The minimum atomic E-state index is -0.209. The lowest BCUT2D eigenvalue weighted by molar-refractivity contribution is 0.0950. The zero-order chi connectivity index (χ0) is 19.1. The fraction of sp³-hybridized carbons (Fsp3) is 0.143. The highest BCUT2D eigenvalue weighted by Crippen LogP contribution is 2.23. The number of benzene rings is 2. The van der Waals surface area contributed by atoms with E-state index in [2.05, 4.69) is 10.3 Å². The number of ether oxygens (including phenoxy) is 1. The fourth-order valence-corrected chi connectivity index (χ4v) is 3.10. The Morgan fingerprint density at radius 3 is 2.70 bits per heavy atom. The summed E-state index contributed by atoms with van der Waals surface area (Å²) in [6.45, 7) is 0.809. The number of halogens is 1. The Morgan fingerprint density at radius 1 is 1.11 bits per heavy atom. The highest BCUT2D eigenvalue weighted by molar-refractivity contribution is 7.98. The molecule has 0 saturated heterocycles. The van der Waals surface area contributed by atoms with Gasteiger partial charge in [-0.3, -0.25) is 4.79 Å². The molecule has 138 valence electrons. The van der Waals surface area contributed by atoms with Crippen LogP contribution in [-0.2, 0) is 13.2 Å². The molecule has 6 heteroatoms. The van der Waals surface area contributed by atoms with E-state index in [0.29, 0.717) is 29.6 Å². The number of thioether (sulfide) groups is 1. The predicted molar refractivity (Wildman–Crippen MR) is 109 cm³/mol. The van der Waals surface area contributed by atoms with Crippen LogP contribution >= 0.6 is 23.4 Å². The Labute approximate surface area is 167 Å². The first-order valence-corrected chi connectivity index (χ1v) is 9.99. The molecule has 0 fully saturated rings. The number of pyridine rings is 1. The molecule has 0 spiro atoms. The van der Waals surface area contributed by atoms with E-state index in [9.17, 15) is 4.79 Å². The molecule has 1 aromatic heterocycles. The van der Waals surface area contributed by atoms with Gasteiger partial charge in [0.2, 0.25) is 5.88 Å². The third kappa shape index (κ3) is 5.49. The fourth-order valence-electron chi connectivity index (χ4n) is 2.45. The number of hydrogen-bond donors (Lipinski definition) is 1. The van der Waals surface area contributed by atoms with Crippen LogP contribution in [0.4, 0.5) is 0 Å². The Balaban J connectivity index is 1.60. The highest BCUT2D eigenvalue weighted by atomic mass is 35.5. The smallest absolute Gasteiger partial charge is 0.253 e. The largest absolute Gasteiger partial charge is 0.473 e. The normalized spacial score (nSPS) is 10.4. The van der Waals surface area contributed by atoms with Gasteiger partial charge in [-0.05, 0) is 41.6 Å². The van der Waals surface area contributed by atoms with Crippen LogP contribution in [0.15, 0.2) is 71.8 Å². The molecule has 0 bridgehead atoms. The molecule has 1 N–H and O–H groups in total. The van der Waals surface area contributed by atoms with Crippen molar-refractivity contribution in [2.75, 3.05) is 6.26 Å². The summed E-state index contributed by atoms with van der Waals surface area (Å²) in [5.74, 6) is 0.312. The van der Waals surface area contributed by atoms with Gasteiger partial charge < -0.3 is 10.1 Å². The van der Waals surface area contributed by atoms with Gasteiger partial charge in [0.25, 0.3) is 5.91 Å². The van der Waals surface area contributed by atoms with Crippen molar-refractivity contribution >= 4 is 29.3 Å². The maximum absolute atomic E-state index is 12.5. The predicted octanol–water partition coefficient (Wildman–Crippen LogP) is 4.97. The number of carbonyl (C=O) groups excluding carboxylic acids is 1. The second-order valence-electron chi connectivity index (χ2n) is 5.81. The summed E-state index contributed by atoms with van der Waals surface area (Å²) >= 11 is 7.72.